The van der Waals surface area contributed by atoms with Crippen molar-refractivity contribution in [3.05, 3.63) is 71.9 Å². The molecular weight excluding hydrogens is 510 g/mol. The molecule has 4 saturated carbocycles. The van der Waals surface area contributed by atoms with E-state index in [1.54, 1.807) is 0 Å². The predicted octanol–water partition coefficient (Wildman–Crippen LogP) is 7.11. The lowest BCUT2D eigenvalue weighted by Crippen LogP contribution is -2.61. The molecule has 3 atom stereocenters. The van der Waals surface area contributed by atoms with Gasteiger partial charge < -0.3 is 20.4 Å². The zero-order valence-corrected chi connectivity index (χ0v) is 24.7. The number of para-hydroxylation sites is 1. The van der Waals surface area contributed by atoms with Crippen LogP contribution in [0.15, 0.2) is 60.8 Å². The molecule has 3 aromatic rings. The van der Waals surface area contributed by atoms with E-state index in [9.17, 15) is 9.59 Å². The normalized spacial score (nSPS) is 27.6. The minimum absolute atomic E-state index is 0.0118. The quantitative estimate of drug-likeness (QED) is 0.249. The molecular formula is C35H45N3O3. The molecule has 0 spiro atoms. The first-order chi connectivity index (χ1) is 19.8. The van der Waals surface area contributed by atoms with Crippen molar-refractivity contribution in [3.8, 4) is 0 Å². The molecule has 4 aliphatic rings. The third-order valence-corrected chi connectivity index (χ3v) is 10.3. The molecule has 41 heavy (non-hydrogen) atoms. The van der Waals surface area contributed by atoms with E-state index in [-0.39, 0.29) is 18.1 Å². The highest BCUT2D eigenvalue weighted by molar-refractivity contribution is 5.91. The molecule has 2 aromatic carbocycles. The van der Waals surface area contributed by atoms with Crippen molar-refractivity contribution in [1.82, 2.24) is 15.6 Å². The number of H-pyrrole nitrogens is 1. The van der Waals surface area contributed by atoms with Gasteiger partial charge in [0.2, 0.25) is 5.91 Å². The van der Waals surface area contributed by atoms with Crippen LogP contribution in [0.5, 0.6) is 0 Å². The summed E-state index contributed by atoms with van der Waals surface area (Å²) in [6.07, 6.45) is 9.52. The van der Waals surface area contributed by atoms with Crippen molar-refractivity contribution in [2.75, 3.05) is 0 Å². The van der Waals surface area contributed by atoms with Crippen molar-refractivity contribution in [3.63, 3.8) is 0 Å². The van der Waals surface area contributed by atoms with E-state index in [0.717, 1.165) is 41.1 Å². The second-order valence-corrected chi connectivity index (χ2v) is 13.4. The van der Waals surface area contributed by atoms with E-state index in [0.29, 0.717) is 24.2 Å². The largest absolute Gasteiger partial charge is 0.446 e. The van der Waals surface area contributed by atoms with E-state index in [1.807, 2.05) is 37.4 Å². The van der Waals surface area contributed by atoms with Crippen LogP contribution in [0.2, 0.25) is 0 Å². The number of hydrogen-bond acceptors (Lipinski definition) is 3. The number of benzene rings is 2. The van der Waals surface area contributed by atoms with Gasteiger partial charge in [0.1, 0.15) is 11.6 Å². The van der Waals surface area contributed by atoms with Crippen molar-refractivity contribution < 1.29 is 14.3 Å². The molecule has 0 aliphatic heterocycles. The molecule has 2 amide bonds. The van der Waals surface area contributed by atoms with Gasteiger partial charge in [-0.05, 0) is 98.7 Å². The lowest BCUT2D eigenvalue weighted by molar-refractivity contribution is -0.128. The Labute approximate surface area is 244 Å². The zero-order chi connectivity index (χ0) is 28.6. The molecule has 4 bridgehead atoms. The Balaban J connectivity index is 1.19. The minimum Gasteiger partial charge on any atom is -0.446 e. The second-order valence-electron chi connectivity index (χ2n) is 13.4. The Kier molecular flexibility index (Phi) is 7.84. The molecule has 4 aliphatic carbocycles. The molecule has 218 valence electrons. The van der Waals surface area contributed by atoms with Gasteiger partial charge in [0.15, 0.2) is 0 Å². The monoisotopic (exact) mass is 555 g/mol. The zero-order valence-electron chi connectivity index (χ0n) is 24.7. The average Bonchev–Trinajstić information content (AvgIpc) is 3.36. The van der Waals surface area contributed by atoms with E-state index in [1.165, 1.54) is 37.7 Å². The first-order valence-electron chi connectivity index (χ1n) is 15.7. The summed E-state index contributed by atoms with van der Waals surface area (Å²) in [4.78, 5) is 31.0. The number of amides is 2. The maximum Gasteiger partial charge on any atom is 0.408 e. The van der Waals surface area contributed by atoms with E-state index in [2.05, 4.69) is 59.8 Å². The Hall–Kier alpha value is -3.28. The topological polar surface area (TPSA) is 83.2 Å². The number of ether oxygens (including phenoxy) is 1. The summed E-state index contributed by atoms with van der Waals surface area (Å²) in [6, 6.07) is 18.5. The van der Waals surface area contributed by atoms with Crippen molar-refractivity contribution in [2.24, 2.45) is 23.7 Å². The molecule has 0 saturated heterocycles. The van der Waals surface area contributed by atoms with Crippen LogP contribution in [-0.2, 0) is 16.0 Å². The number of carbonyl (C=O) groups excluding carboxylic acids is 2. The summed E-state index contributed by atoms with van der Waals surface area (Å²) >= 11 is 0. The Morgan fingerprint density at radius 2 is 1.63 bits per heavy atom. The summed E-state index contributed by atoms with van der Waals surface area (Å²) in [5, 5.41) is 7.45. The van der Waals surface area contributed by atoms with Crippen LogP contribution in [-0.4, -0.2) is 34.7 Å². The Morgan fingerprint density at radius 3 is 2.32 bits per heavy atom. The molecule has 3 N–H and O–H groups in total. The first kappa shape index (κ1) is 27.9. The van der Waals surface area contributed by atoms with Crippen LogP contribution in [0.4, 0.5) is 4.79 Å². The van der Waals surface area contributed by atoms with Gasteiger partial charge in [0.25, 0.3) is 0 Å². The summed E-state index contributed by atoms with van der Waals surface area (Å²) in [5.74, 6) is 2.68. The molecule has 6 heteroatoms. The minimum atomic E-state index is -1.17. The van der Waals surface area contributed by atoms with Crippen LogP contribution >= 0.6 is 0 Å². The standard InChI is InChI=1S/C35H45N3O3/c1-4-29(14-22(2)25-10-6-5-7-11-25)37-33(39)35(3,20-28-21-36-31-13-9-8-12-30(28)31)38-34(40)41-32-26-16-23-15-24(18-26)19-27(32)17-23/h5-13,21-24,26-27,29,32,36H,4,14-20H2,1-3H3,(H,37,39)(H,38,40). The van der Waals surface area contributed by atoms with Gasteiger partial charge in [-0.25, -0.2) is 4.79 Å². The molecule has 0 radical (unpaired) electrons. The predicted molar refractivity (Wildman–Crippen MR) is 163 cm³/mol. The van der Waals surface area contributed by atoms with Crippen LogP contribution in [0, 0.1) is 23.7 Å². The molecule has 1 heterocycles. The van der Waals surface area contributed by atoms with Crippen LogP contribution in [0.25, 0.3) is 10.9 Å². The van der Waals surface area contributed by atoms with Gasteiger partial charge in [-0.3, -0.25) is 4.79 Å². The highest BCUT2D eigenvalue weighted by Crippen LogP contribution is 2.54. The molecule has 4 fully saturated rings. The summed E-state index contributed by atoms with van der Waals surface area (Å²) in [6.45, 7) is 6.15. The van der Waals surface area contributed by atoms with Gasteiger partial charge in [-0.2, -0.15) is 0 Å². The van der Waals surface area contributed by atoms with Gasteiger partial charge in [-0.15, -0.1) is 0 Å². The highest BCUT2D eigenvalue weighted by Gasteiger charge is 2.50. The number of hydrogen-bond donors (Lipinski definition) is 3. The Morgan fingerprint density at radius 1 is 0.976 bits per heavy atom. The molecule has 7 rings (SSSR count). The third kappa shape index (κ3) is 5.89. The fourth-order valence-corrected chi connectivity index (χ4v) is 8.30. The molecule has 3 unspecified atom stereocenters. The number of nitrogens with one attached hydrogen (secondary N) is 3. The average molecular weight is 556 g/mol. The van der Waals surface area contributed by atoms with Crippen LogP contribution < -0.4 is 10.6 Å². The lowest BCUT2D eigenvalue weighted by atomic mass is 9.55. The fraction of sp³-hybridized carbons (Fsp3) is 0.543. The van der Waals surface area contributed by atoms with Crippen LogP contribution in [0.3, 0.4) is 0 Å². The highest BCUT2D eigenvalue weighted by atomic mass is 16.6. The number of fused-ring (bicyclic) bond motifs is 1. The van der Waals surface area contributed by atoms with Gasteiger partial charge >= 0.3 is 6.09 Å². The maximum absolute atomic E-state index is 14.1. The van der Waals surface area contributed by atoms with E-state index >= 15 is 0 Å². The van der Waals surface area contributed by atoms with Gasteiger partial charge in [0.05, 0.1) is 0 Å². The summed E-state index contributed by atoms with van der Waals surface area (Å²) in [7, 11) is 0. The van der Waals surface area contributed by atoms with Crippen molar-refractivity contribution >= 4 is 22.9 Å². The molecule has 6 nitrogen and oxygen atoms in total. The van der Waals surface area contributed by atoms with Crippen molar-refractivity contribution in [1.29, 1.82) is 0 Å². The number of rotatable bonds is 10. The lowest BCUT2D eigenvalue weighted by Gasteiger charge is -2.53. The number of aromatic nitrogens is 1. The number of aromatic amines is 1. The van der Waals surface area contributed by atoms with E-state index < -0.39 is 11.6 Å². The van der Waals surface area contributed by atoms with Crippen molar-refractivity contribution in [2.45, 2.75) is 95.7 Å². The third-order valence-electron chi connectivity index (χ3n) is 10.3. The van der Waals surface area contributed by atoms with Crippen LogP contribution in [0.1, 0.15) is 82.8 Å². The molecule has 1 aromatic heterocycles. The first-order valence-corrected chi connectivity index (χ1v) is 15.7. The smallest absolute Gasteiger partial charge is 0.408 e. The maximum atomic E-state index is 14.1. The Bertz CT molecular complexity index is 1340. The fourth-order valence-electron chi connectivity index (χ4n) is 8.30. The van der Waals surface area contributed by atoms with E-state index in [4.69, 9.17) is 4.74 Å². The van der Waals surface area contributed by atoms with Gasteiger partial charge in [-0.1, -0.05) is 62.4 Å². The SMILES string of the molecule is CCC(CC(C)c1ccccc1)NC(=O)C(C)(Cc1c[nH]c2ccccc12)NC(=O)OC1C2CC3CC(C2)CC1C3. The number of alkyl carbamates (subject to hydrolysis) is 1. The number of carbonyl (C=O) groups is 2. The summed E-state index contributed by atoms with van der Waals surface area (Å²) < 4.78 is 6.20. The second kappa shape index (κ2) is 11.5. The van der Waals surface area contributed by atoms with Gasteiger partial charge in [0, 0.05) is 29.6 Å². The summed E-state index contributed by atoms with van der Waals surface area (Å²) in [5.41, 5.74) is 2.11.